The number of halogens is 2. The van der Waals surface area contributed by atoms with Gasteiger partial charge in [0.25, 0.3) is 5.91 Å². The number of carbonyl (C=O) groups is 2. The summed E-state index contributed by atoms with van der Waals surface area (Å²) in [5.74, 6) is -6.36. The van der Waals surface area contributed by atoms with Crippen molar-refractivity contribution in [1.29, 1.82) is 0 Å². The van der Waals surface area contributed by atoms with Crippen molar-refractivity contribution in [2.24, 2.45) is 5.73 Å². The van der Waals surface area contributed by atoms with Crippen molar-refractivity contribution in [2.45, 2.75) is 36.8 Å². The van der Waals surface area contributed by atoms with Crippen LogP contribution in [0.15, 0.2) is 0 Å². The number of morpholine rings is 1. The molecule has 108 valence electrons. The van der Waals surface area contributed by atoms with Gasteiger partial charge in [0.05, 0.1) is 13.2 Å². The van der Waals surface area contributed by atoms with Crippen molar-refractivity contribution in [3.8, 4) is 0 Å². The zero-order valence-electron chi connectivity index (χ0n) is 10.3. The fourth-order valence-electron chi connectivity index (χ4n) is 2.29. The minimum absolute atomic E-state index is 0.0596. The van der Waals surface area contributed by atoms with Gasteiger partial charge in [0.15, 0.2) is 0 Å². The average molecular weight is 278 g/mol. The van der Waals surface area contributed by atoms with E-state index in [1.165, 1.54) is 0 Å². The first-order chi connectivity index (χ1) is 8.79. The van der Waals surface area contributed by atoms with Gasteiger partial charge < -0.3 is 20.5 Å². The molecule has 1 aliphatic heterocycles. The van der Waals surface area contributed by atoms with Gasteiger partial charge in [-0.05, 0) is 19.3 Å². The Morgan fingerprint density at radius 1 is 1.42 bits per heavy atom. The normalized spacial score (nSPS) is 26.7. The lowest BCUT2D eigenvalue weighted by Crippen LogP contribution is -2.65. The molecule has 2 fully saturated rings. The highest BCUT2D eigenvalue weighted by Gasteiger charge is 2.63. The SMILES string of the molecule is NC(=O)C1COCCN1C(=O)C(F)(F)C1(O)CCC1. The lowest BCUT2D eigenvalue weighted by molar-refractivity contribution is -0.227. The number of carbonyl (C=O) groups excluding carboxylic acids is 2. The number of hydrogen-bond acceptors (Lipinski definition) is 4. The summed E-state index contributed by atoms with van der Waals surface area (Å²) in [5, 5.41) is 9.72. The summed E-state index contributed by atoms with van der Waals surface area (Å²) >= 11 is 0. The van der Waals surface area contributed by atoms with E-state index in [-0.39, 0.29) is 32.6 Å². The van der Waals surface area contributed by atoms with Gasteiger partial charge >= 0.3 is 5.92 Å². The molecule has 1 saturated heterocycles. The molecule has 2 amide bonds. The number of amides is 2. The first kappa shape index (κ1) is 14.1. The second-order valence-corrected chi connectivity index (χ2v) is 4.95. The molecular weight excluding hydrogens is 262 g/mol. The average Bonchev–Trinajstić information content (AvgIpc) is 2.34. The Morgan fingerprint density at radius 2 is 2.05 bits per heavy atom. The molecule has 1 aliphatic carbocycles. The van der Waals surface area contributed by atoms with Crippen LogP contribution in [0.25, 0.3) is 0 Å². The van der Waals surface area contributed by atoms with E-state index >= 15 is 0 Å². The molecule has 0 aromatic rings. The molecule has 1 heterocycles. The number of ether oxygens (including phenoxy) is 1. The number of nitrogens with zero attached hydrogens (tertiary/aromatic N) is 1. The standard InChI is InChI=1S/C11H16F2N2O4/c12-11(13,10(18)2-1-3-10)9(17)15-4-5-19-6-7(15)8(14)16/h7,18H,1-6H2,(H2,14,16). The summed E-state index contributed by atoms with van der Waals surface area (Å²) in [6.07, 6.45) is 0.191. The molecule has 2 aliphatic rings. The monoisotopic (exact) mass is 278 g/mol. The molecular formula is C11H16F2N2O4. The van der Waals surface area contributed by atoms with E-state index < -0.39 is 29.4 Å². The first-order valence-electron chi connectivity index (χ1n) is 6.08. The highest BCUT2D eigenvalue weighted by Crippen LogP contribution is 2.45. The third-order valence-corrected chi connectivity index (χ3v) is 3.75. The minimum Gasteiger partial charge on any atom is -0.383 e. The first-order valence-corrected chi connectivity index (χ1v) is 6.08. The van der Waals surface area contributed by atoms with Crippen LogP contribution in [0.3, 0.4) is 0 Å². The molecule has 3 N–H and O–H groups in total. The molecule has 19 heavy (non-hydrogen) atoms. The highest BCUT2D eigenvalue weighted by molar-refractivity contribution is 5.91. The summed E-state index contributed by atoms with van der Waals surface area (Å²) in [4.78, 5) is 23.8. The van der Waals surface area contributed by atoms with Crippen LogP contribution >= 0.6 is 0 Å². The van der Waals surface area contributed by atoms with Crippen molar-refractivity contribution in [3.63, 3.8) is 0 Å². The fraction of sp³-hybridized carbons (Fsp3) is 0.818. The third kappa shape index (κ3) is 2.18. The Morgan fingerprint density at radius 3 is 2.53 bits per heavy atom. The third-order valence-electron chi connectivity index (χ3n) is 3.75. The quantitative estimate of drug-likeness (QED) is 0.710. The number of aliphatic hydroxyl groups is 1. The van der Waals surface area contributed by atoms with Gasteiger partial charge in [-0.2, -0.15) is 8.78 Å². The molecule has 8 heteroatoms. The highest BCUT2D eigenvalue weighted by atomic mass is 19.3. The number of hydrogen-bond donors (Lipinski definition) is 2. The van der Waals surface area contributed by atoms with Gasteiger partial charge in [0, 0.05) is 6.54 Å². The van der Waals surface area contributed by atoms with E-state index in [1.807, 2.05) is 0 Å². The van der Waals surface area contributed by atoms with E-state index in [0.29, 0.717) is 11.3 Å². The van der Waals surface area contributed by atoms with E-state index in [1.54, 1.807) is 0 Å². The maximum absolute atomic E-state index is 14.0. The van der Waals surface area contributed by atoms with Crippen LogP contribution in [0.5, 0.6) is 0 Å². The van der Waals surface area contributed by atoms with E-state index in [9.17, 15) is 23.5 Å². The van der Waals surface area contributed by atoms with Gasteiger partial charge in [-0.1, -0.05) is 0 Å². The van der Waals surface area contributed by atoms with Crippen LogP contribution in [-0.2, 0) is 14.3 Å². The maximum atomic E-state index is 14.0. The Labute approximate surface area is 108 Å². The van der Waals surface area contributed by atoms with Gasteiger partial charge in [-0.25, -0.2) is 0 Å². The van der Waals surface area contributed by atoms with Gasteiger partial charge in [0.1, 0.15) is 11.6 Å². The summed E-state index contributed by atoms with van der Waals surface area (Å²) in [6.45, 7) is -0.280. The number of nitrogens with two attached hydrogens (primary N) is 1. The zero-order chi connectivity index (χ0) is 14.3. The van der Waals surface area contributed by atoms with Crippen LogP contribution in [0, 0.1) is 0 Å². The van der Waals surface area contributed by atoms with Crippen LogP contribution in [0.2, 0.25) is 0 Å². The van der Waals surface area contributed by atoms with Crippen molar-refractivity contribution in [1.82, 2.24) is 4.90 Å². The molecule has 1 saturated carbocycles. The zero-order valence-corrected chi connectivity index (χ0v) is 10.3. The largest absolute Gasteiger partial charge is 0.383 e. The second-order valence-electron chi connectivity index (χ2n) is 4.95. The van der Waals surface area contributed by atoms with Crippen LogP contribution < -0.4 is 5.73 Å². The molecule has 0 aromatic heterocycles. The molecule has 0 aromatic carbocycles. The van der Waals surface area contributed by atoms with Crippen LogP contribution in [-0.4, -0.2) is 59.1 Å². The predicted molar refractivity (Wildman–Crippen MR) is 59.3 cm³/mol. The maximum Gasteiger partial charge on any atom is 0.352 e. The van der Waals surface area contributed by atoms with E-state index in [2.05, 4.69) is 0 Å². The van der Waals surface area contributed by atoms with E-state index in [0.717, 1.165) is 0 Å². The van der Waals surface area contributed by atoms with Gasteiger partial charge in [0.2, 0.25) is 5.91 Å². The summed E-state index contributed by atoms with van der Waals surface area (Å²) < 4.78 is 33.0. The molecule has 0 spiro atoms. The second kappa shape index (κ2) is 4.68. The molecule has 0 bridgehead atoms. The topological polar surface area (TPSA) is 92.9 Å². The molecule has 1 atom stereocenters. The van der Waals surface area contributed by atoms with Crippen molar-refractivity contribution < 1.29 is 28.2 Å². The van der Waals surface area contributed by atoms with Crippen molar-refractivity contribution in [3.05, 3.63) is 0 Å². The Bertz CT molecular complexity index is 398. The fourth-order valence-corrected chi connectivity index (χ4v) is 2.29. The summed E-state index contributed by atoms with van der Waals surface area (Å²) in [5.41, 5.74) is 2.77. The van der Waals surface area contributed by atoms with Crippen LogP contribution in [0.4, 0.5) is 8.78 Å². The van der Waals surface area contributed by atoms with Crippen LogP contribution in [0.1, 0.15) is 19.3 Å². The molecule has 2 rings (SSSR count). The molecule has 0 radical (unpaired) electrons. The lowest BCUT2D eigenvalue weighted by Gasteiger charge is -2.44. The van der Waals surface area contributed by atoms with Crippen molar-refractivity contribution >= 4 is 11.8 Å². The Hall–Kier alpha value is -1.28. The molecule has 6 nitrogen and oxygen atoms in total. The van der Waals surface area contributed by atoms with E-state index in [4.69, 9.17) is 10.5 Å². The minimum atomic E-state index is -3.91. The van der Waals surface area contributed by atoms with Gasteiger partial charge in [-0.15, -0.1) is 0 Å². The Balaban J connectivity index is 2.19. The van der Waals surface area contributed by atoms with Gasteiger partial charge in [-0.3, -0.25) is 9.59 Å². The number of primary amides is 1. The molecule has 1 unspecified atom stereocenters. The Kier molecular flexibility index (Phi) is 3.48. The summed E-state index contributed by atoms with van der Waals surface area (Å²) in [6, 6.07) is -1.21. The number of rotatable bonds is 3. The summed E-state index contributed by atoms with van der Waals surface area (Å²) in [7, 11) is 0. The number of alkyl halides is 2. The van der Waals surface area contributed by atoms with Crippen molar-refractivity contribution in [2.75, 3.05) is 19.8 Å². The lowest BCUT2D eigenvalue weighted by atomic mass is 9.75. The predicted octanol–water partition coefficient (Wildman–Crippen LogP) is -0.751. The smallest absolute Gasteiger partial charge is 0.352 e.